The molecule has 0 aromatic carbocycles. The fraction of sp³-hybridized carbons (Fsp3) is 0.875. The lowest BCUT2D eigenvalue weighted by atomic mass is 10.1. The van der Waals surface area contributed by atoms with Crippen LogP contribution in [0.5, 0.6) is 0 Å². The molecule has 0 aliphatic carbocycles. The van der Waals surface area contributed by atoms with Gasteiger partial charge in [0.1, 0.15) is 0 Å². The molecule has 0 aromatic heterocycles. The number of alkyl halides is 3. The lowest BCUT2D eigenvalue weighted by molar-refractivity contribution is -0.132. The molecular weight excluding hydrogens is 197 g/mol. The highest BCUT2D eigenvalue weighted by Gasteiger charge is 2.26. The number of hydrogen-bond donors (Lipinski definition) is 2. The van der Waals surface area contributed by atoms with E-state index in [0.717, 1.165) is 0 Å². The van der Waals surface area contributed by atoms with E-state index in [1.54, 1.807) is 20.8 Å². The highest BCUT2D eigenvalue weighted by atomic mass is 19.4. The maximum absolute atomic E-state index is 11.7. The number of urea groups is 1. The molecule has 0 atom stereocenters. The first kappa shape index (κ1) is 13.1. The molecule has 0 radical (unpaired) electrons. The Balaban J connectivity index is 3.66. The highest BCUT2D eigenvalue weighted by Crippen LogP contribution is 2.18. The van der Waals surface area contributed by atoms with Gasteiger partial charge in [0.15, 0.2) is 0 Å². The van der Waals surface area contributed by atoms with Crippen LogP contribution < -0.4 is 10.6 Å². The summed E-state index contributed by atoms with van der Waals surface area (Å²) in [6.45, 7) is 4.84. The molecule has 0 saturated carbocycles. The molecule has 84 valence electrons. The minimum Gasteiger partial charge on any atom is -0.338 e. The molecule has 14 heavy (non-hydrogen) atoms. The van der Waals surface area contributed by atoms with Gasteiger partial charge in [-0.1, -0.05) is 0 Å². The van der Waals surface area contributed by atoms with Crippen molar-refractivity contribution in [3.63, 3.8) is 0 Å². The summed E-state index contributed by atoms with van der Waals surface area (Å²) in [6, 6.07) is -0.582. The Morgan fingerprint density at radius 2 is 1.71 bits per heavy atom. The molecule has 0 aromatic rings. The SMILES string of the molecule is CC(C)(C)NC(=O)NCCC(F)(F)F. The average molecular weight is 212 g/mol. The van der Waals surface area contributed by atoms with E-state index < -0.39 is 30.7 Å². The number of nitrogens with one attached hydrogen (secondary N) is 2. The standard InChI is InChI=1S/C8H15F3N2O/c1-7(2,3)13-6(14)12-5-4-8(9,10)11/h4-5H2,1-3H3,(H2,12,13,14). The fourth-order valence-corrected chi connectivity index (χ4v) is 0.703. The van der Waals surface area contributed by atoms with Crippen LogP contribution in [-0.4, -0.2) is 24.3 Å². The van der Waals surface area contributed by atoms with Gasteiger partial charge >= 0.3 is 12.2 Å². The molecule has 0 spiro atoms. The van der Waals surface area contributed by atoms with E-state index in [4.69, 9.17) is 0 Å². The van der Waals surface area contributed by atoms with Gasteiger partial charge in [0, 0.05) is 12.1 Å². The third kappa shape index (κ3) is 9.15. The Morgan fingerprint density at radius 1 is 1.21 bits per heavy atom. The largest absolute Gasteiger partial charge is 0.390 e. The van der Waals surface area contributed by atoms with Crippen molar-refractivity contribution in [2.75, 3.05) is 6.54 Å². The van der Waals surface area contributed by atoms with Crippen molar-refractivity contribution in [2.45, 2.75) is 38.9 Å². The van der Waals surface area contributed by atoms with E-state index in [1.807, 2.05) is 0 Å². The number of rotatable bonds is 2. The van der Waals surface area contributed by atoms with Gasteiger partial charge in [0.2, 0.25) is 0 Å². The quantitative estimate of drug-likeness (QED) is 0.722. The molecule has 0 aliphatic heterocycles. The van der Waals surface area contributed by atoms with Crippen molar-refractivity contribution in [1.82, 2.24) is 10.6 Å². The second-order valence-corrected chi connectivity index (χ2v) is 4.00. The van der Waals surface area contributed by atoms with Gasteiger partial charge in [-0.05, 0) is 20.8 Å². The monoisotopic (exact) mass is 212 g/mol. The van der Waals surface area contributed by atoms with Crippen LogP contribution in [0, 0.1) is 0 Å². The summed E-state index contributed by atoms with van der Waals surface area (Å²) in [6.07, 6.45) is -5.24. The summed E-state index contributed by atoms with van der Waals surface area (Å²) < 4.78 is 35.0. The van der Waals surface area contributed by atoms with Gasteiger partial charge in [0.25, 0.3) is 0 Å². The Labute approximate surface area is 81.1 Å². The zero-order valence-corrected chi connectivity index (χ0v) is 8.46. The minimum atomic E-state index is -4.23. The smallest absolute Gasteiger partial charge is 0.338 e. The van der Waals surface area contributed by atoms with Gasteiger partial charge in [-0.15, -0.1) is 0 Å². The summed E-state index contributed by atoms with van der Waals surface area (Å²) in [5.74, 6) is 0. The van der Waals surface area contributed by atoms with Crippen LogP contribution in [0.25, 0.3) is 0 Å². The van der Waals surface area contributed by atoms with E-state index in [0.29, 0.717) is 0 Å². The molecule has 6 heteroatoms. The fourth-order valence-electron chi connectivity index (χ4n) is 0.703. The maximum atomic E-state index is 11.7. The minimum absolute atomic E-state index is 0.397. The lowest BCUT2D eigenvalue weighted by Crippen LogP contribution is -2.47. The zero-order valence-electron chi connectivity index (χ0n) is 8.46. The molecule has 0 heterocycles. The zero-order chi connectivity index (χ0) is 11.4. The number of hydrogen-bond acceptors (Lipinski definition) is 1. The van der Waals surface area contributed by atoms with Crippen LogP contribution in [0.3, 0.4) is 0 Å². The van der Waals surface area contributed by atoms with E-state index in [1.165, 1.54) is 0 Å². The van der Waals surface area contributed by atoms with Gasteiger partial charge in [-0.25, -0.2) is 4.79 Å². The van der Waals surface area contributed by atoms with Crippen LogP contribution in [0.4, 0.5) is 18.0 Å². The molecule has 0 unspecified atom stereocenters. The van der Waals surface area contributed by atoms with Crippen molar-refractivity contribution < 1.29 is 18.0 Å². The lowest BCUT2D eigenvalue weighted by Gasteiger charge is -2.20. The van der Waals surface area contributed by atoms with Crippen LogP contribution in [0.2, 0.25) is 0 Å². The highest BCUT2D eigenvalue weighted by molar-refractivity contribution is 5.74. The Kier molecular flexibility index (Phi) is 4.22. The number of carbonyl (C=O) groups excluding carboxylic acids is 1. The molecule has 0 fully saturated rings. The summed E-state index contributed by atoms with van der Waals surface area (Å²) in [5, 5.41) is 4.61. The maximum Gasteiger partial charge on any atom is 0.390 e. The Morgan fingerprint density at radius 3 is 2.07 bits per heavy atom. The van der Waals surface area contributed by atoms with Crippen molar-refractivity contribution in [2.24, 2.45) is 0 Å². The summed E-state index contributed by atoms with van der Waals surface area (Å²) in [7, 11) is 0. The second kappa shape index (κ2) is 4.52. The first-order chi connectivity index (χ1) is 6.10. The Bertz CT molecular complexity index is 196. The van der Waals surface area contributed by atoms with Gasteiger partial charge < -0.3 is 10.6 Å². The van der Waals surface area contributed by atoms with Gasteiger partial charge in [-0.3, -0.25) is 0 Å². The molecule has 2 N–H and O–H groups in total. The topological polar surface area (TPSA) is 41.1 Å². The van der Waals surface area contributed by atoms with Crippen molar-refractivity contribution in [1.29, 1.82) is 0 Å². The molecular formula is C8H15F3N2O. The van der Waals surface area contributed by atoms with E-state index in [-0.39, 0.29) is 0 Å². The predicted molar refractivity (Wildman–Crippen MR) is 47.0 cm³/mol. The number of halogens is 3. The van der Waals surface area contributed by atoms with Crippen molar-refractivity contribution >= 4 is 6.03 Å². The van der Waals surface area contributed by atoms with Gasteiger partial charge in [-0.2, -0.15) is 13.2 Å². The predicted octanol–water partition coefficient (Wildman–Crippen LogP) is 2.04. The van der Waals surface area contributed by atoms with Crippen molar-refractivity contribution in [3.05, 3.63) is 0 Å². The molecule has 0 rings (SSSR count). The third-order valence-corrected chi connectivity index (χ3v) is 1.18. The van der Waals surface area contributed by atoms with E-state index in [9.17, 15) is 18.0 Å². The normalized spacial score (nSPS) is 12.4. The summed E-state index contributed by atoms with van der Waals surface area (Å²) in [5.41, 5.74) is -0.442. The molecule has 0 saturated heterocycles. The number of amides is 2. The Hall–Kier alpha value is -0.940. The first-order valence-electron chi connectivity index (χ1n) is 4.23. The second-order valence-electron chi connectivity index (χ2n) is 4.00. The van der Waals surface area contributed by atoms with Crippen LogP contribution in [0.1, 0.15) is 27.2 Å². The summed E-state index contributed by atoms with van der Waals surface area (Å²) >= 11 is 0. The molecule has 0 aliphatic rings. The molecule has 3 nitrogen and oxygen atoms in total. The van der Waals surface area contributed by atoms with E-state index >= 15 is 0 Å². The van der Waals surface area contributed by atoms with Crippen LogP contribution in [0.15, 0.2) is 0 Å². The first-order valence-corrected chi connectivity index (χ1v) is 4.23. The molecule has 2 amide bonds. The van der Waals surface area contributed by atoms with Crippen LogP contribution in [-0.2, 0) is 0 Å². The van der Waals surface area contributed by atoms with Crippen molar-refractivity contribution in [3.8, 4) is 0 Å². The van der Waals surface area contributed by atoms with Gasteiger partial charge in [0.05, 0.1) is 6.42 Å². The third-order valence-electron chi connectivity index (χ3n) is 1.18. The average Bonchev–Trinajstić information content (AvgIpc) is 1.78. The van der Waals surface area contributed by atoms with Crippen LogP contribution >= 0.6 is 0 Å². The number of carbonyl (C=O) groups is 1. The van der Waals surface area contributed by atoms with E-state index in [2.05, 4.69) is 10.6 Å². The summed E-state index contributed by atoms with van der Waals surface area (Å²) in [4.78, 5) is 11.0. The molecule has 0 bridgehead atoms.